The number of ether oxygens (including phenoxy) is 4. The number of para-hydroxylation sites is 1. The second kappa shape index (κ2) is 10.2. The molecule has 1 amide bonds. The molecule has 11 heteroatoms. The van der Waals surface area contributed by atoms with Gasteiger partial charge in [0.25, 0.3) is 5.91 Å². The quantitative estimate of drug-likeness (QED) is 0.342. The van der Waals surface area contributed by atoms with Gasteiger partial charge in [-0.15, -0.1) is 0 Å². The predicted octanol–water partition coefficient (Wildman–Crippen LogP) is 4.26. The lowest BCUT2D eigenvalue weighted by molar-refractivity contribution is -0.0376. The molecule has 2 N–H and O–H groups in total. The first kappa shape index (κ1) is 23.1. The molecular formula is C21H21BrN4O6. The van der Waals surface area contributed by atoms with Gasteiger partial charge in [-0.05, 0) is 28.1 Å². The van der Waals surface area contributed by atoms with Crippen molar-refractivity contribution in [1.82, 2.24) is 15.0 Å². The molecule has 0 aliphatic rings. The Morgan fingerprint density at radius 2 is 1.72 bits per heavy atom. The Balaban J connectivity index is 1.92. The standard InChI is InChI=1S/C21H21BrN4O6/c1-26(28)20(27)13-7-5-6-8-15(13)32-19-14(22)11-23-21(25-19)24-12-9-16(29-2)18(31-4)17(10-12)30-3/h5-11,28H,1-4H3,(H,23,24,25). The first-order valence-electron chi connectivity index (χ1n) is 9.21. The number of nitrogens with one attached hydrogen (secondary N) is 1. The summed E-state index contributed by atoms with van der Waals surface area (Å²) < 4.78 is 22.4. The molecule has 0 atom stereocenters. The molecule has 0 fully saturated rings. The maximum absolute atomic E-state index is 12.2. The fourth-order valence-corrected chi connectivity index (χ4v) is 3.05. The van der Waals surface area contributed by atoms with Gasteiger partial charge in [0.05, 0.1) is 37.6 Å². The van der Waals surface area contributed by atoms with E-state index in [1.165, 1.54) is 40.6 Å². The first-order chi connectivity index (χ1) is 15.4. The molecule has 0 spiro atoms. The summed E-state index contributed by atoms with van der Waals surface area (Å²) in [6.45, 7) is 0. The van der Waals surface area contributed by atoms with Crippen molar-refractivity contribution in [3.63, 3.8) is 0 Å². The van der Waals surface area contributed by atoms with E-state index in [0.717, 1.165) is 0 Å². The van der Waals surface area contributed by atoms with Crippen LogP contribution in [0.15, 0.2) is 47.1 Å². The molecule has 0 saturated heterocycles. The van der Waals surface area contributed by atoms with Gasteiger partial charge in [0, 0.05) is 24.9 Å². The number of benzene rings is 2. The number of nitrogens with zero attached hydrogens (tertiary/aromatic N) is 3. The third-order valence-corrected chi connectivity index (χ3v) is 4.79. The minimum atomic E-state index is -0.624. The predicted molar refractivity (Wildman–Crippen MR) is 120 cm³/mol. The highest BCUT2D eigenvalue weighted by Crippen LogP contribution is 2.40. The average Bonchev–Trinajstić information content (AvgIpc) is 2.80. The molecule has 0 radical (unpaired) electrons. The molecule has 3 rings (SSSR count). The summed E-state index contributed by atoms with van der Waals surface area (Å²) in [5, 5.41) is 13.0. The van der Waals surface area contributed by atoms with E-state index in [9.17, 15) is 10.0 Å². The minimum absolute atomic E-state index is 0.163. The van der Waals surface area contributed by atoms with E-state index in [2.05, 4.69) is 31.2 Å². The largest absolute Gasteiger partial charge is 0.493 e. The number of rotatable bonds is 8. The molecule has 0 bridgehead atoms. The van der Waals surface area contributed by atoms with E-state index in [4.69, 9.17) is 18.9 Å². The number of hydrogen-bond donors (Lipinski definition) is 2. The number of carbonyl (C=O) groups is 1. The second-order valence-electron chi connectivity index (χ2n) is 6.31. The molecule has 0 aliphatic heterocycles. The smallest absolute Gasteiger partial charge is 0.280 e. The number of anilines is 2. The minimum Gasteiger partial charge on any atom is -0.493 e. The van der Waals surface area contributed by atoms with Gasteiger partial charge in [-0.1, -0.05) is 12.1 Å². The zero-order valence-corrected chi connectivity index (χ0v) is 19.3. The Morgan fingerprint density at radius 3 is 2.31 bits per heavy atom. The molecule has 10 nitrogen and oxygen atoms in total. The van der Waals surface area contributed by atoms with Gasteiger partial charge >= 0.3 is 0 Å². The first-order valence-corrected chi connectivity index (χ1v) is 10.0. The monoisotopic (exact) mass is 504 g/mol. The van der Waals surface area contributed by atoms with Crippen LogP contribution in [0.25, 0.3) is 0 Å². The number of hydroxylamine groups is 2. The van der Waals surface area contributed by atoms with Gasteiger partial charge < -0.3 is 24.3 Å². The molecule has 0 saturated carbocycles. The van der Waals surface area contributed by atoms with Crippen molar-refractivity contribution in [2.24, 2.45) is 0 Å². The summed E-state index contributed by atoms with van der Waals surface area (Å²) in [7, 11) is 5.79. The molecule has 32 heavy (non-hydrogen) atoms. The Labute approximate surface area is 192 Å². The van der Waals surface area contributed by atoms with Crippen molar-refractivity contribution in [2.75, 3.05) is 33.7 Å². The summed E-state index contributed by atoms with van der Waals surface area (Å²) in [4.78, 5) is 20.8. The Hall–Kier alpha value is -3.57. The van der Waals surface area contributed by atoms with E-state index in [1.807, 2.05) is 0 Å². The van der Waals surface area contributed by atoms with Crippen molar-refractivity contribution in [3.05, 3.63) is 52.6 Å². The fourth-order valence-electron chi connectivity index (χ4n) is 2.78. The average molecular weight is 505 g/mol. The van der Waals surface area contributed by atoms with E-state index >= 15 is 0 Å². The van der Waals surface area contributed by atoms with Crippen LogP contribution in [-0.2, 0) is 0 Å². The zero-order chi connectivity index (χ0) is 23.3. The maximum atomic E-state index is 12.2. The summed E-state index contributed by atoms with van der Waals surface area (Å²) in [6.07, 6.45) is 1.51. The fraction of sp³-hybridized carbons (Fsp3) is 0.190. The number of hydrogen-bond acceptors (Lipinski definition) is 9. The lowest BCUT2D eigenvalue weighted by atomic mass is 10.2. The molecule has 1 heterocycles. The number of halogens is 1. The van der Waals surface area contributed by atoms with Gasteiger partial charge in [-0.2, -0.15) is 4.98 Å². The molecule has 3 aromatic rings. The Kier molecular flexibility index (Phi) is 7.33. The van der Waals surface area contributed by atoms with Crippen LogP contribution in [0.4, 0.5) is 11.6 Å². The summed E-state index contributed by atoms with van der Waals surface area (Å²) in [6, 6.07) is 9.91. The van der Waals surface area contributed by atoms with Crippen LogP contribution in [0.1, 0.15) is 10.4 Å². The molecule has 0 aliphatic carbocycles. The van der Waals surface area contributed by atoms with Crippen LogP contribution >= 0.6 is 15.9 Å². The summed E-state index contributed by atoms with van der Waals surface area (Å²) in [5.74, 6) is 1.36. The topological polar surface area (TPSA) is 115 Å². The van der Waals surface area contributed by atoms with Crippen LogP contribution in [-0.4, -0.2) is 54.5 Å². The van der Waals surface area contributed by atoms with Gasteiger partial charge in [0.15, 0.2) is 11.5 Å². The third-order valence-electron chi connectivity index (χ3n) is 4.25. The van der Waals surface area contributed by atoms with Crippen LogP contribution in [0.2, 0.25) is 0 Å². The molecular weight excluding hydrogens is 484 g/mol. The number of amides is 1. The lowest BCUT2D eigenvalue weighted by Gasteiger charge is -2.15. The highest BCUT2D eigenvalue weighted by atomic mass is 79.9. The number of carbonyl (C=O) groups excluding carboxylic acids is 1. The normalized spacial score (nSPS) is 10.3. The van der Waals surface area contributed by atoms with E-state index in [-0.39, 0.29) is 23.1 Å². The summed E-state index contributed by atoms with van der Waals surface area (Å²) in [5.41, 5.74) is 0.757. The SMILES string of the molecule is COc1cc(Nc2ncc(Br)c(Oc3ccccc3C(=O)N(C)O)n2)cc(OC)c1OC. The van der Waals surface area contributed by atoms with Gasteiger partial charge in [-0.3, -0.25) is 10.0 Å². The third kappa shape index (κ3) is 5.01. The highest BCUT2D eigenvalue weighted by Gasteiger charge is 2.18. The summed E-state index contributed by atoms with van der Waals surface area (Å²) >= 11 is 3.35. The Bertz CT molecular complexity index is 1100. The number of methoxy groups -OCH3 is 3. The van der Waals surface area contributed by atoms with Crippen LogP contribution in [0, 0.1) is 0 Å². The molecule has 168 valence electrons. The lowest BCUT2D eigenvalue weighted by Crippen LogP contribution is -2.22. The van der Waals surface area contributed by atoms with Gasteiger partial charge in [-0.25, -0.2) is 10.0 Å². The van der Waals surface area contributed by atoms with Crippen molar-refractivity contribution >= 4 is 33.5 Å². The maximum Gasteiger partial charge on any atom is 0.280 e. The van der Waals surface area contributed by atoms with E-state index in [0.29, 0.717) is 32.5 Å². The highest BCUT2D eigenvalue weighted by molar-refractivity contribution is 9.10. The van der Waals surface area contributed by atoms with Crippen molar-refractivity contribution in [3.8, 4) is 28.9 Å². The van der Waals surface area contributed by atoms with Gasteiger partial charge in [0.2, 0.25) is 17.6 Å². The Morgan fingerprint density at radius 1 is 1.06 bits per heavy atom. The van der Waals surface area contributed by atoms with E-state index < -0.39 is 5.91 Å². The molecule has 1 aromatic heterocycles. The van der Waals surface area contributed by atoms with Crippen LogP contribution < -0.4 is 24.3 Å². The van der Waals surface area contributed by atoms with E-state index in [1.54, 1.807) is 30.3 Å². The molecule has 0 unspecified atom stereocenters. The van der Waals surface area contributed by atoms with Crippen LogP contribution in [0.5, 0.6) is 28.9 Å². The van der Waals surface area contributed by atoms with Crippen molar-refractivity contribution in [2.45, 2.75) is 0 Å². The second-order valence-corrected chi connectivity index (χ2v) is 7.17. The number of aromatic nitrogens is 2. The molecule has 2 aromatic carbocycles. The zero-order valence-electron chi connectivity index (χ0n) is 17.7. The van der Waals surface area contributed by atoms with Crippen molar-refractivity contribution in [1.29, 1.82) is 0 Å². The van der Waals surface area contributed by atoms with Crippen molar-refractivity contribution < 1.29 is 28.9 Å². The van der Waals surface area contributed by atoms with Gasteiger partial charge in [0.1, 0.15) is 5.75 Å². The van der Waals surface area contributed by atoms with Crippen LogP contribution in [0.3, 0.4) is 0 Å².